The van der Waals surface area contributed by atoms with Crippen LogP contribution in [0.25, 0.3) is 11.0 Å². The molecule has 0 aliphatic heterocycles. The van der Waals surface area contributed by atoms with Crippen molar-refractivity contribution in [3.8, 4) is 0 Å². The molecule has 0 fully saturated rings. The third kappa shape index (κ3) is 3.84. The number of hydrogen-bond acceptors (Lipinski definition) is 5. The third-order valence-electron chi connectivity index (χ3n) is 4.77. The molecule has 0 aliphatic carbocycles. The minimum Gasteiger partial charge on any atom is -0.312 e. The molecule has 4 rings (SSSR count). The van der Waals surface area contributed by atoms with Crippen molar-refractivity contribution in [3.05, 3.63) is 99.7 Å². The molecule has 5 nitrogen and oxygen atoms in total. The van der Waals surface area contributed by atoms with Crippen molar-refractivity contribution in [2.75, 3.05) is 6.26 Å². The quantitative estimate of drug-likeness (QED) is 0.390. The monoisotopic (exact) mass is 401 g/mol. The number of H-pyrrole nitrogens is 1. The molecular weight excluding hydrogens is 382 g/mol. The van der Waals surface area contributed by atoms with Crippen LogP contribution in [0.2, 0.25) is 0 Å². The number of hydrogen-bond donors (Lipinski definition) is 1. The van der Waals surface area contributed by atoms with Gasteiger partial charge in [0.05, 0.1) is 23.0 Å². The average Bonchev–Trinajstić information content (AvgIpc) is 2.77. The molecule has 2 aromatic heterocycles. The van der Waals surface area contributed by atoms with Gasteiger partial charge in [0.25, 0.3) is 5.56 Å². The number of aryl methyl sites for hydroxylation is 2. The second-order valence-corrected chi connectivity index (χ2v) is 7.39. The number of nitrogens with zero attached hydrogens (tertiary/aromatic N) is 2. The summed E-state index contributed by atoms with van der Waals surface area (Å²) in [4.78, 5) is 38.2. The molecule has 29 heavy (non-hydrogen) atoms. The van der Waals surface area contributed by atoms with Crippen molar-refractivity contribution >= 4 is 28.6 Å². The number of ketones is 1. The Morgan fingerprint density at radius 3 is 2.38 bits per heavy atom. The van der Waals surface area contributed by atoms with Gasteiger partial charge in [-0.1, -0.05) is 60.7 Å². The van der Waals surface area contributed by atoms with Crippen LogP contribution in [0.15, 0.2) is 76.7 Å². The molecule has 0 radical (unpaired) electrons. The SMILES string of the molecule is CSc1c(CCc2ccccc2)nc2nc[nH]c(=O)c2c1C(=O)c1ccccc1. The number of fused-ring (bicyclic) bond motifs is 1. The highest BCUT2D eigenvalue weighted by Gasteiger charge is 2.23. The van der Waals surface area contributed by atoms with E-state index in [2.05, 4.69) is 27.1 Å². The van der Waals surface area contributed by atoms with E-state index in [1.165, 1.54) is 23.7 Å². The first-order chi connectivity index (χ1) is 14.2. The van der Waals surface area contributed by atoms with Crippen LogP contribution in [0.4, 0.5) is 0 Å². The van der Waals surface area contributed by atoms with Crippen molar-refractivity contribution in [2.24, 2.45) is 0 Å². The molecule has 2 heterocycles. The molecule has 0 unspecified atom stereocenters. The number of aromatic nitrogens is 3. The Labute approximate surface area is 172 Å². The van der Waals surface area contributed by atoms with E-state index in [0.717, 1.165) is 17.0 Å². The summed E-state index contributed by atoms with van der Waals surface area (Å²) >= 11 is 1.44. The normalized spacial score (nSPS) is 10.9. The van der Waals surface area contributed by atoms with Gasteiger partial charge in [-0.15, -0.1) is 11.8 Å². The molecule has 2 aromatic carbocycles. The van der Waals surface area contributed by atoms with E-state index in [4.69, 9.17) is 0 Å². The zero-order chi connectivity index (χ0) is 20.2. The molecule has 0 saturated carbocycles. The molecule has 0 spiro atoms. The number of rotatable bonds is 6. The molecule has 0 atom stereocenters. The van der Waals surface area contributed by atoms with E-state index in [1.807, 2.05) is 42.7 Å². The van der Waals surface area contributed by atoms with E-state index < -0.39 is 0 Å². The molecule has 6 heteroatoms. The van der Waals surface area contributed by atoms with E-state index >= 15 is 0 Å². The summed E-state index contributed by atoms with van der Waals surface area (Å²) in [5.74, 6) is -0.193. The Hall–Kier alpha value is -3.25. The van der Waals surface area contributed by atoms with Crippen LogP contribution in [-0.4, -0.2) is 27.0 Å². The Morgan fingerprint density at radius 1 is 1.00 bits per heavy atom. The van der Waals surface area contributed by atoms with Crippen LogP contribution in [0.3, 0.4) is 0 Å². The van der Waals surface area contributed by atoms with Gasteiger partial charge in [-0.25, -0.2) is 9.97 Å². The molecular formula is C23H19N3O2S. The highest BCUT2D eigenvalue weighted by atomic mass is 32.2. The summed E-state index contributed by atoms with van der Waals surface area (Å²) in [7, 11) is 0. The molecule has 0 bridgehead atoms. The van der Waals surface area contributed by atoms with Gasteiger partial charge in [0.15, 0.2) is 11.4 Å². The number of thioether (sulfide) groups is 1. The summed E-state index contributed by atoms with van der Waals surface area (Å²) in [6.07, 6.45) is 4.67. The van der Waals surface area contributed by atoms with E-state index in [-0.39, 0.29) is 16.7 Å². The highest BCUT2D eigenvalue weighted by Crippen LogP contribution is 2.31. The maximum atomic E-state index is 13.4. The fraction of sp³-hybridized carbons (Fsp3) is 0.130. The lowest BCUT2D eigenvalue weighted by molar-refractivity contribution is 0.103. The maximum absolute atomic E-state index is 13.4. The minimum atomic E-state index is -0.355. The third-order valence-corrected chi connectivity index (χ3v) is 5.62. The van der Waals surface area contributed by atoms with Crippen molar-refractivity contribution in [3.63, 3.8) is 0 Å². The van der Waals surface area contributed by atoms with Crippen LogP contribution < -0.4 is 5.56 Å². The molecule has 0 saturated heterocycles. The molecule has 144 valence electrons. The Balaban J connectivity index is 1.89. The van der Waals surface area contributed by atoms with Crippen molar-refractivity contribution in [1.82, 2.24) is 15.0 Å². The lowest BCUT2D eigenvalue weighted by Gasteiger charge is -2.14. The standard InChI is InChI=1S/C23H19N3O2S/c1-29-21-17(13-12-15-8-4-2-5-9-15)26-22-19(23(28)25-14-24-22)18(21)20(27)16-10-6-3-7-11-16/h2-11,14H,12-13H2,1H3,(H,24,25,26,28). The van der Waals surface area contributed by atoms with Gasteiger partial charge in [-0.05, 0) is 24.7 Å². The topological polar surface area (TPSA) is 75.7 Å². The van der Waals surface area contributed by atoms with Crippen LogP contribution >= 0.6 is 11.8 Å². The maximum Gasteiger partial charge on any atom is 0.261 e. The van der Waals surface area contributed by atoms with Crippen LogP contribution in [0.5, 0.6) is 0 Å². The summed E-state index contributed by atoms with van der Waals surface area (Å²) in [6, 6.07) is 19.1. The number of carbonyl (C=O) groups is 1. The number of pyridine rings is 1. The first-order valence-electron chi connectivity index (χ1n) is 9.27. The first kappa shape index (κ1) is 19.1. The van der Waals surface area contributed by atoms with Crippen LogP contribution in [-0.2, 0) is 12.8 Å². The summed E-state index contributed by atoms with van der Waals surface area (Å²) in [5, 5.41) is 0.245. The van der Waals surface area contributed by atoms with E-state index in [0.29, 0.717) is 23.2 Å². The van der Waals surface area contributed by atoms with Crippen LogP contribution in [0.1, 0.15) is 27.2 Å². The van der Waals surface area contributed by atoms with Gasteiger partial charge >= 0.3 is 0 Å². The predicted octanol–water partition coefficient (Wildman–Crippen LogP) is 4.06. The lowest BCUT2D eigenvalue weighted by atomic mass is 9.98. The highest BCUT2D eigenvalue weighted by molar-refractivity contribution is 7.98. The van der Waals surface area contributed by atoms with Gasteiger partial charge in [0, 0.05) is 10.5 Å². The molecule has 0 amide bonds. The number of aromatic amines is 1. The summed E-state index contributed by atoms with van der Waals surface area (Å²) < 4.78 is 0. The fourth-order valence-electron chi connectivity index (χ4n) is 3.38. The average molecular weight is 401 g/mol. The van der Waals surface area contributed by atoms with Crippen molar-refractivity contribution in [2.45, 2.75) is 17.7 Å². The predicted molar refractivity (Wildman–Crippen MR) is 116 cm³/mol. The molecule has 0 aliphatic rings. The van der Waals surface area contributed by atoms with E-state index in [9.17, 15) is 9.59 Å². The number of benzene rings is 2. The smallest absolute Gasteiger partial charge is 0.261 e. The lowest BCUT2D eigenvalue weighted by Crippen LogP contribution is -2.17. The number of carbonyl (C=O) groups excluding carboxylic acids is 1. The number of nitrogens with one attached hydrogen (secondary N) is 1. The first-order valence-corrected chi connectivity index (χ1v) is 10.5. The van der Waals surface area contributed by atoms with Gasteiger partial charge in [0.2, 0.25) is 0 Å². The van der Waals surface area contributed by atoms with Gasteiger partial charge in [-0.3, -0.25) is 9.59 Å². The summed E-state index contributed by atoms with van der Waals surface area (Å²) in [5.41, 5.74) is 2.83. The largest absolute Gasteiger partial charge is 0.312 e. The second-order valence-electron chi connectivity index (χ2n) is 6.58. The zero-order valence-electron chi connectivity index (χ0n) is 15.9. The Bertz CT molecular complexity index is 1220. The van der Waals surface area contributed by atoms with Crippen molar-refractivity contribution < 1.29 is 4.79 Å². The molecule has 1 N–H and O–H groups in total. The second kappa shape index (κ2) is 8.41. The minimum absolute atomic E-state index is 0.193. The Kier molecular flexibility index (Phi) is 5.53. The Morgan fingerprint density at radius 2 is 1.69 bits per heavy atom. The van der Waals surface area contributed by atoms with Gasteiger partial charge in [-0.2, -0.15) is 0 Å². The molecule has 4 aromatic rings. The summed E-state index contributed by atoms with van der Waals surface area (Å²) in [6.45, 7) is 0. The van der Waals surface area contributed by atoms with Gasteiger partial charge < -0.3 is 4.98 Å². The fourth-order valence-corrected chi connectivity index (χ4v) is 4.17. The van der Waals surface area contributed by atoms with E-state index in [1.54, 1.807) is 12.1 Å². The van der Waals surface area contributed by atoms with Crippen LogP contribution in [0, 0.1) is 0 Å². The van der Waals surface area contributed by atoms with Gasteiger partial charge in [0.1, 0.15) is 0 Å². The zero-order valence-corrected chi connectivity index (χ0v) is 16.7. The van der Waals surface area contributed by atoms with Crippen molar-refractivity contribution in [1.29, 1.82) is 0 Å².